The summed E-state index contributed by atoms with van der Waals surface area (Å²) in [5.74, 6) is -0.841. The van der Waals surface area contributed by atoms with E-state index < -0.39 is 5.97 Å². The van der Waals surface area contributed by atoms with Crippen LogP contribution in [0.15, 0.2) is 34.0 Å². The van der Waals surface area contributed by atoms with Gasteiger partial charge in [0.05, 0.1) is 5.75 Å². The summed E-state index contributed by atoms with van der Waals surface area (Å²) in [4.78, 5) is 14.9. The second kappa shape index (κ2) is 6.27. The number of hydrogen-bond acceptors (Lipinski definition) is 3. The Kier molecular flexibility index (Phi) is 4.91. The molecule has 0 aliphatic carbocycles. The number of thioether (sulfide) groups is 1. The van der Waals surface area contributed by atoms with Crippen LogP contribution >= 0.6 is 50.3 Å². The molecule has 0 radical (unpaired) electrons. The summed E-state index contributed by atoms with van der Waals surface area (Å²) in [6, 6.07) is 5.98. The van der Waals surface area contributed by atoms with E-state index in [-0.39, 0.29) is 5.75 Å². The molecule has 0 aliphatic rings. The van der Waals surface area contributed by atoms with Crippen LogP contribution < -0.4 is 0 Å². The molecule has 100 valence electrons. The highest BCUT2D eigenvalue weighted by atomic mass is 127. The molecule has 0 fully saturated rings. The number of aliphatic carboxylic acids is 1. The number of imidazole rings is 1. The number of halogens is 2. The van der Waals surface area contributed by atoms with E-state index in [4.69, 9.17) is 5.11 Å². The van der Waals surface area contributed by atoms with Crippen molar-refractivity contribution in [3.63, 3.8) is 0 Å². The number of aryl methyl sites for hydroxylation is 1. The molecule has 0 bridgehead atoms. The predicted octanol–water partition coefficient (Wildman–Crippen LogP) is 3.72. The molecule has 0 amide bonds. The van der Waals surface area contributed by atoms with Crippen LogP contribution in [0.1, 0.15) is 5.69 Å². The second-order valence-electron chi connectivity index (χ2n) is 3.80. The molecular formula is C12H10BrIN2O2S. The number of nitrogens with zero attached hydrogens (tertiary/aromatic N) is 2. The molecule has 2 aromatic rings. The van der Waals surface area contributed by atoms with Gasteiger partial charge >= 0.3 is 5.97 Å². The van der Waals surface area contributed by atoms with Crippen LogP contribution in [-0.4, -0.2) is 26.4 Å². The lowest BCUT2D eigenvalue weighted by molar-refractivity contribution is -0.133. The van der Waals surface area contributed by atoms with Crippen LogP contribution in [0, 0.1) is 10.5 Å². The Morgan fingerprint density at radius 1 is 1.58 bits per heavy atom. The first-order valence-corrected chi connectivity index (χ1v) is 8.19. The smallest absolute Gasteiger partial charge is 0.313 e. The highest BCUT2D eigenvalue weighted by molar-refractivity contribution is 14.1. The van der Waals surface area contributed by atoms with Gasteiger partial charge in [0.1, 0.15) is 0 Å². The molecule has 0 atom stereocenters. The Balaban J connectivity index is 2.40. The van der Waals surface area contributed by atoms with Crippen molar-refractivity contribution in [1.82, 2.24) is 9.55 Å². The fourth-order valence-electron chi connectivity index (χ4n) is 1.58. The van der Waals surface area contributed by atoms with Crippen molar-refractivity contribution < 1.29 is 9.90 Å². The molecule has 0 aliphatic heterocycles. The molecule has 1 N–H and O–H groups in total. The molecule has 0 saturated heterocycles. The van der Waals surface area contributed by atoms with E-state index >= 15 is 0 Å². The fraction of sp³-hybridized carbons (Fsp3) is 0.167. The molecule has 0 unspecified atom stereocenters. The second-order valence-corrected chi connectivity index (χ2v) is 6.76. The summed E-state index contributed by atoms with van der Waals surface area (Å²) in [5.41, 5.74) is 1.96. The van der Waals surface area contributed by atoms with Gasteiger partial charge in [0, 0.05) is 25.6 Å². The van der Waals surface area contributed by atoms with E-state index in [1.165, 1.54) is 11.8 Å². The van der Waals surface area contributed by atoms with Gasteiger partial charge in [-0.3, -0.25) is 9.36 Å². The van der Waals surface area contributed by atoms with E-state index in [1.807, 2.05) is 29.7 Å². The third-order valence-electron chi connectivity index (χ3n) is 2.39. The summed E-state index contributed by atoms with van der Waals surface area (Å²) < 4.78 is 4.09. The standard InChI is InChI=1S/C12H10BrIN2O2S/c1-7-5-15-12(19-6-11(17)18)16(7)8-2-3-9(13)10(14)4-8/h2-5H,6H2,1H3,(H,17,18). The summed E-state index contributed by atoms with van der Waals surface area (Å²) in [7, 11) is 0. The maximum absolute atomic E-state index is 10.7. The van der Waals surface area contributed by atoms with E-state index in [2.05, 4.69) is 43.5 Å². The first-order chi connectivity index (χ1) is 8.99. The van der Waals surface area contributed by atoms with Crippen molar-refractivity contribution in [2.24, 2.45) is 0 Å². The highest BCUT2D eigenvalue weighted by Crippen LogP contribution is 2.27. The van der Waals surface area contributed by atoms with Gasteiger partial charge in [-0.25, -0.2) is 4.98 Å². The average molecular weight is 453 g/mol. The van der Waals surface area contributed by atoms with Crippen molar-refractivity contribution in [1.29, 1.82) is 0 Å². The monoisotopic (exact) mass is 452 g/mol. The summed E-state index contributed by atoms with van der Waals surface area (Å²) in [6.45, 7) is 1.95. The minimum Gasteiger partial charge on any atom is -0.481 e. The van der Waals surface area contributed by atoms with Crippen molar-refractivity contribution in [3.8, 4) is 5.69 Å². The first-order valence-electron chi connectivity index (χ1n) is 5.33. The van der Waals surface area contributed by atoms with Crippen molar-refractivity contribution >= 4 is 56.3 Å². The van der Waals surface area contributed by atoms with Crippen LogP contribution in [0.3, 0.4) is 0 Å². The van der Waals surface area contributed by atoms with Gasteiger partial charge in [-0.05, 0) is 63.6 Å². The Morgan fingerprint density at radius 3 is 2.95 bits per heavy atom. The number of carboxylic acids is 1. The molecule has 1 aromatic carbocycles. The lowest BCUT2D eigenvalue weighted by Gasteiger charge is -2.10. The summed E-state index contributed by atoms with van der Waals surface area (Å²) in [6.07, 6.45) is 1.75. The van der Waals surface area contributed by atoms with E-state index in [0.29, 0.717) is 5.16 Å². The van der Waals surface area contributed by atoms with Crippen LogP contribution in [-0.2, 0) is 4.79 Å². The number of rotatable bonds is 4. The first kappa shape index (κ1) is 14.9. The Hall–Kier alpha value is -0.540. The van der Waals surface area contributed by atoms with Crippen LogP contribution in [0.25, 0.3) is 5.69 Å². The lowest BCUT2D eigenvalue weighted by Crippen LogP contribution is -2.03. The van der Waals surface area contributed by atoms with Crippen LogP contribution in [0.4, 0.5) is 0 Å². The number of carbonyl (C=O) groups is 1. The van der Waals surface area contributed by atoms with Gasteiger partial charge in [-0.15, -0.1) is 0 Å². The molecule has 0 saturated carbocycles. The highest BCUT2D eigenvalue weighted by Gasteiger charge is 2.12. The van der Waals surface area contributed by atoms with E-state index in [9.17, 15) is 4.79 Å². The SMILES string of the molecule is Cc1cnc(SCC(=O)O)n1-c1ccc(Br)c(I)c1. The zero-order valence-corrected chi connectivity index (χ0v) is 14.5. The molecular weight excluding hydrogens is 443 g/mol. The Morgan fingerprint density at radius 2 is 2.32 bits per heavy atom. The molecule has 0 spiro atoms. The number of aromatic nitrogens is 2. The Labute approximate surface area is 136 Å². The van der Waals surface area contributed by atoms with Gasteiger partial charge in [-0.1, -0.05) is 11.8 Å². The van der Waals surface area contributed by atoms with Gasteiger partial charge in [-0.2, -0.15) is 0 Å². The van der Waals surface area contributed by atoms with Gasteiger partial charge in [0.25, 0.3) is 0 Å². The van der Waals surface area contributed by atoms with Crippen LogP contribution in [0.2, 0.25) is 0 Å². The van der Waals surface area contributed by atoms with Gasteiger partial charge in [0.15, 0.2) is 5.16 Å². The number of benzene rings is 1. The maximum Gasteiger partial charge on any atom is 0.313 e. The van der Waals surface area contributed by atoms with E-state index in [1.54, 1.807) is 6.20 Å². The topological polar surface area (TPSA) is 55.1 Å². The molecule has 4 nitrogen and oxygen atoms in total. The maximum atomic E-state index is 10.7. The van der Waals surface area contributed by atoms with Crippen molar-refractivity contribution in [3.05, 3.63) is 38.1 Å². The average Bonchev–Trinajstić information content (AvgIpc) is 2.71. The van der Waals surface area contributed by atoms with Crippen molar-refractivity contribution in [2.75, 3.05) is 5.75 Å². The Bertz CT molecular complexity index is 630. The van der Waals surface area contributed by atoms with Crippen molar-refractivity contribution in [2.45, 2.75) is 12.1 Å². The zero-order valence-electron chi connectivity index (χ0n) is 9.93. The third kappa shape index (κ3) is 3.51. The molecule has 1 heterocycles. The summed E-state index contributed by atoms with van der Waals surface area (Å²) >= 11 is 6.93. The quantitative estimate of drug-likeness (QED) is 0.567. The minimum absolute atomic E-state index is 0.00404. The molecule has 2 rings (SSSR count). The van der Waals surface area contributed by atoms with E-state index in [0.717, 1.165) is 19.4 Å². The normalized spacial score (nSPS) is 10.7. The van der Waals surface area contributed by atoms with Gasteiger partial charge < -0.3 is 5.11 Å². The summed E-state index contributed by atoms with van der Waals surface area (Å²) in [5, 5.41) is 9.45. The largest absolute Gasteiger partial charge is 0.481 e. The van der Waals surface area contributed by atoms with Crippen LogP contribution in [0.5, 0.6) is 0 Å². The number of hydrogen-bond donors (Lipinski definition) is 1. The molecule has 19 heavy (non-hydrogen) atoms. The fourth-order valence-corrected chi connectivity index (χ4v) is 3.09. The van der Waals surface area contributed by atoms with Gasteiger partial charge in [0.2, 0.25) is 0 Å². The molecule has 1 aromatic heterocycles. The lowest BCUT2D eigenvalue weighted by atomic mass is 10.3. The predicted molar refractivity (Wildman–Crippen MR) is 87.1 cm³/mol. The minimum atomic E-state index is -0.845. The number of carboxylic acid groups (broad SMARTS) is 1. The molecule has 7 heteroatoms. The third-order valence-corrected chi connectivity index (χ3v) is 5.65. The zero-order chi connectivity index (χ0) is 14.0.